The molecule has 1 fully saturated rings. The van der Waals surface area contributed by atoms with Crippen molar-refractivity contribution in [1.82, 2.24) is 25.7 Å². The lowest BCUT2D eigenvalue weighted by Crippen LogP contribution is -2.46. The predicted octanol–water partition coefficient (Wildman–Crippen LogP) is 1.90. The van der Waals surface area contributed by atoms with Crippen LogP contribution < -0.4 is 10.6 Å². The number of nitrogens with zero attached hydrogens (tertiary/aromatic N) is 2. The van der Waals surface area contributed by atoms with Gasteiger partial charge in [0.1, 0.15) is 11.4 Å². The highest BCUT2D eigenvalue weighted by molar-refractivity contribution is 9.10. The molecule has 1 aromatic carbocycles. The number of aromatic nitrogens is 2. The van der Waals surface area contributed by atoms with Crippen molar-refractivity contribution in [2.75, 3.05) is 39.3 Å². The molecule has 130 valence electrons. The standard InChI is InChI=1S/C16H20BrN5O.ClH/c17-13-14(12-4-2-1-3-5-12)20-21-15(13)16(23)19-8-11-22-9-6-18-7-10-22;/h1-5,18H,6-11H2,(H,19,23)(H,20,21);1H. The van der Waals surface area contributed by atoms with E-state index in [1.54, 1.807) is 0 Å². The van der Waals surface area contributed by atoms with Crippen molar-refractivity contribution in [3.8, 4) is 11.3 Å². The highest BCUT2D eigenvalue weighted by atomic mass is 79.9. The molecule has 1 saturated heterocycles. The van der Waals surface area contributed by atoms with Crippen LogP contribution in [0.15, 0.2) is 34.8 Å². The molecule has 0 saturated carbocycles. The molecule has 1 aromatic heterocycles. The Kier molecular flexibility index (Phi) is 7.23. The molecule has 0 radical (unpaired) electrons. The minimum absolute atomic E-state index is 0. The Morgan fingerprint density at radius 2 is 1.96 bits per heavy atom. The van der Waals surface area contributed by atoms with Crippen molar-refractivity contribution < 1.29 is 4.79 Å². The van der Waals surface area contributed by atoms with Gasteiger partial charge in [-0.05, 0) is 15.9 Å². The van der Waals surface area contributed by atoms with Gasteiger partial charge in [0.15, 0.2) is 0 Å². The van der Waals surface area contributed by atoms with Gasteiger partial charge in [-0.3, -0.25) is 14.8 Å². The fourth-order valence-corrected chi connectivity index (χ4v) is 3.20. The Labute approximate surface area is 155 Å². The monoisotopic (exact) mass is 413 g/mol. The summed E-state index contributed by atoms with van der Waals surface area (Å²) in [7, 11) is 0. The maximum absolute atomic E-state index is 12.3. The molecule has 3 rings (SSSR count). The van der Waals surface area contributed by atoms with E-state index in [1.165, 1.54) is 0 Å². The van der Waals surface area contributed by atoms with Gasteiger partial charge in [-0.25, -0.2) is 0 Å². The summed E-state index contributed by atoms with van der Waals surface area (Å²) in [6.45, 7) is 5.58. The summed E-state index contributed by atoms with van der Waals surface area (Å²) >= 11 is 3.48. The van der Waals surface area contributed by atoms with E-state index < -0.39 is 0 Å². The number of rotatable bonds is 5. The summed E-state index contributed by atoms with van der Waals surface area (Å²) in [5, 5.41) is 13.3. The largest absolute Gasteiger partial charge is 0.349 e. The molecule has 1 aliphatic heterocycles. The van der Waals surface area contributed by atoms with Gasteiger partial charge >= 0.3 is 0 Å². The number of nitrogens with one attached hydrogen (secondary N) is 3. The Morgan fingerprint density at radius 1 is 1.25 bits per heavy atom. The second-order valence-corrected chi connectivity index (χ2v) is 6.27. The average molecular weight is 415 g/mol. The minimum Gasteiger partial charge on any atom is -0.349 e. The van der Waals surface area contributed by atoms with Crippen LogP contribution in [0, 0.1) is 0 Å². The molecule has 6 nitrogen and oxygen atoms in total. The van der Waals surface area contributed by atoms with Gasteiger partial charge in [-0.2, -0.15) is 5.10 Å². The summed E-state index contributed by atoms with van der Waals surface area (Å²) in [4.78, 5) is 14.7. The number of hydrogen-bond donors (Lipinski definition) is 3. The zero-order valence-electron chi connectivity index (χ0n) is 13.2. The Bertz CT molecular complexity index is 658. The predicted molar refractivity (Wildman–Crippen MR) is 101 cm³/mol. The summed E-state index contributed by atoms with van der Waals surface area (Å²) in [5.74, 6) is -0.137. The molecule has 0 spiro atoms. The van der Waals surface area contributed by atoms with Crippen molar-refractivity contribution in [1.29, 1.82) is 0 Å². The molecule has 0 bridgehead atoms. The van der Waals surface area contributed by atoms with Crippen molar-refractivity contribution >= 4 is 34.2 Å². The normalized spacial score (nSPS) is 14.9. The van der Waals surface area contributed by atoms with Gasteiger partial charge in [0, 0.05) is 44.8 Å². The molecular weight excluding hydrogens is 394 g/mol. The van der Waals surface area contributed by atoms with Crippen LogP contribution in [-0.2, 0) is 0 Å². The third-order valence-corrected chi connectivity index (χ3v) is 4.68. The highest BCUT2D eigenvalue weighted by Crippen LogP contribution is 2.28. The first-order valence-electron chi connectivity index (χ1n) is 7.76. The van der Waals surface area contributed by atoms with Crippen LogP contribution in [0.1, 0.15) is 10.5 Å². The molecule has 3 N–H and O–H groups in total. The van der Waals surface area contributed by atoms with Gasteiger partial charge in [0.2, 0.25) is 0 Å². The van der Waals surface area contributed by atoms with Crippen LogP contribution >= 0.6 is 28.3 Å². The third kappa shape index (κ3) is 4.57. The number of carbonyl (C=O) groups is 1. The minimum atomic E-state index is -0.137. The van der Waals surface area contributed by atoms with E-state index in [9.17, 15) is 4.79 Å². The molecule has 24 heavy (non-hydrogen) atoms. The quantitative estimate of drug-likeness (QED) is 0.699. The molecule has 2 heterocycles. The number of carbonyl (C=O) groups excluding carboxylic acids is 1. The van der Waals surface area contributed by atoms with E-state index >= 15 is 0 Å². The number of H-pyrrole nitrogens is 1. The Balaban J connectivity index is 0.00000208. The first kappa shape index (κ1) is 18.9. The van der Waals surface area contributed by atoms with E-state index in [1.807, 2.05) is 30.3 Å². The Morgan fingerprint density at radius 3 is 2.67 bits per heavy atom. The van der Waals surface area contributed by atoms with Crippen molar-refractivity contribution in [3.63, 3.8) is 0 Å². The van der Waals surface area contributed by atoms with Crippen LogP contribution in [0.3, 0.4) is 0 Å². The van der Waals surface area contributed by atoms with E-state index in [2.05, 4.69) is 41.7 Å². The lowest BCUT2D eigenvalue weighted by Gasteiger charge is -2.27. The summed E-state index contributed by atoms with van der Waals surface area (Å²) in [6, 6.07) is 9.78. The second kappa shape index (κ2) is 9.17. The van der Waals surface area contributed by atoms with Crippen LogP contribution in [0.5, 0.6) is 0 Å². The summed E-state index contributed by atoms with van der Waals surface area (Å²) in [6.07, 6.45) is 0. The lowest BCUT2D eigenvalue weighted by molar-refractivity contribution is 0.0941. The maximum Gasteiger partial charge on any atom is 0.270 e. The van der Waals surface area contributed by atoms with Crippen LogP contribution in [0.25, 0.3) is 11.3 Å². The fourth-order valence-electron chi connectivity index (χ4n) is 2.62. The topological polar surface area (TPSA) is 73.1 Å². The average Bonchev–Trinajstić information content (AvgIpc) is 2.98. The molecule has 8 heteroatoms. The SMILES string of the molecule is Cl.O=C(NCCN1CCNCC1)c1[nH]nc(-c2ccccc2)c1Br. The van der Waals surface area contributed by atoms with Crippen molar-refractivity contribution in [2.24, 2.45) is 0 Å². The van der Waals surface area contributed by atoms with Crippen LogP contribution in [0.4, 0.5) is 0 Å². The number of halogens is 2. The molecule has 0 aliphatic carbocycles. The van der Waals surface area contributed by atoms with Gasteiger partial charge < -0.3 is 10.6 Å². The van der Waals surface area contributed by atoms with E-state index in [4.69, 9.17) is 0 Å². The molecule has 1 aliphatic rings. The number of amides is 1. The molecule has 1 amide bonds. The highest BCUT2D eigenvalue weighted by Gasteiger charge is 2.18. The van der Waals surface area contributed by atoms with Crippen LogP contribution in [-0.4, -0.2) is 60.3 Å². The number of hydrogen-bond acceptors (Lipinski definition) is 4. The maximum atomic E-state index is 12.3. The second-order valence-electron chi connectivity index (χ2n) is 5.47. The number of piperazine rings is 1. The van der Waals surface area contributed by atoms with Gasteiger partial charge in [-0.1, -0.05) is 30.3 Å². The van der Waals surface area contributed by atoms with Gasteiger partial charge in [0.05, 0.1) is 4.47 Å². The van der Waals surface area contributed by atoms with Crippen LogP contribution in [0.2, 0.25) is 0 Å². The van der Waals surface area contributed by atoms with Crippen molar-refractivity contribution in [3.05, 3.63) is 40.5 Å². The summed E-state index contributed by atoms with van der Waals surface area (Å²) in [5.41, 5.74) is 2.18. The smallest absolute Gasteiger partial charge is 0.270 e. The van der Waals surface area contributed by atoms with Gasteiger partial charge in [0.25, 0.3) is 5.91 Å². The summed E-state index contributed by atoms with van der Waals surface area (Å²) < 4.78 is 0.698. The zero-order chi connectivity index (χ0) is 16.1. The molecule has 0 atom stereocenters. The molecule has 2 aromatic rings. The fraction of sp³-hybridized carbons (Fsp3) is 0.375. The number of benzene rings is 1. The first-order chi connectivity index (χ1) is 11.3. The van der Waals surface area contributed by atoms with Crippen molar-refractivity contribution in [2.45, 2.75) is 0 Å². The van der Waals surface area contributed by atoms with E-state index in [0.29, 0.717) is 16.7 Å². The van der Waals surface area contributed by atoms with Gasteiger partial charge in [-0.15, -0.1) is 12.4 Å². The number of aromatic amines is 1. The Hall–Kier alpha value is -1.41. The third-order valence-electron chi connectivity index (χ3n) is 3.90. The molecule has 0 unspecified atom stereocenters. The molecular formula is C16H21BrClN5O. The first-order valence-corrected chi connectivity index (χ1v) is 8.55. The van der Waals surface area contributed by atoms with E-state index in [0.717, 1.165) is 44.0 Å². The van der Waals surface area contributed by atoms with E-state index in [-0.39, 0.29) is 18.3 Å². The lowest BCUT2D eigenvalue weighted by atomic mass is 10.1. The zero-order valence-corrected chi connectivity index (χ0v) is 15.6.